The molecule has 0 spiro atoms. The van der Waals surface area contributed by atoms with Crippen molar-refractivity contribution in [3.63, 3.8) is 0 Å². The molecule has 0 radical (unpaired) electrons. The van der Waals surface area contributed by atoms with E-state index in [1.807, 2.05) is 48.5 Å². The number of para-hydroxylation sites is 2. The van der Waals surface area contributed by atoms with E-state index in [2.05, 4.69) is 25.5 Å². The molecule has 136 valence electrons. The van der Waals surface area contributed by atoms with Gasteiger partial charge in [0.05, 0.1) is 11.0 Å². The molecule has 1 atom stereocenters. The molecule has 1 fully saturated rings. The number of carbonyl (C=O) groups excluding carboxylic acids is 2. The maximum absolute atomic E-state index is 13.2. The van der Waals surface area contributed by atoms with Crippen LogP contribution in [0.2, 0.25) is 0 Å². The van der Waals surface area contributed by atoms with E-state index in [0.29, 0.717) is 32.0 Å². The molecule has 0 N–H and O–H groups in total. The van der Waals surface area contributed by atoms with E-state index in [0.717, 1.165) is 21.2 Å². The van der Waals surface area contributed by atoms with Crippen molar-refractivity contribution >= 4 is 50.4 Å². The molecule has 7 heteroatoms. The Labute approximate surface area is 164 Å². The molecular formula is C20H17BrN4O2. The van der Waals surface area contributed by atoms with Crippen molar-refractivity contribution in [3.05, 3.63) is 53.0 Å². The fourth-order valence-electron chi connectivity index (χ4n) is 4.00. The highest BCUT2D eigenvalue weighted by Gasteiger charge is 2.42. The number of imidazole rings is 1. The summed E-state index contributed by atoms with van der Waals surface area (Å²) < 4.78 is 2.97. The van der Waals surface area contributed by atoms with Crippen LogP contribution in [0.1, 0.15) is 6.42 Å². The zero-order valence-electron chi connectivity index (χ0n) is 14.5. The topological polar surface area (TPSA) is 58.4 Å². The lowest BCUT2D eigenvalue weighted by Gasteiger charge is -2.19. The summed E-state index contributed by atoms with van der Waals surface area (Å²) in [7, 11) is 0. The lowest BCUT2D eigenvalue weighted by atomic mass is 10.1. The first kappa shape index (κ1) is 16.5. The quantitative estimate of drug-likeness (QED) is 0.593. The third-order valence-electron chi connectivity index (χ3n) is 5.31. The summed E-state index contributed by atoms with van der Waals surface area (Å²) in [5.41, 5.74) is 2.72. The van der Waals surface area contributed by atoms with E-state index in [-0.39, 0.29) is 11.8 Å². The smallest absolute Gasteiger partial charge is 0.242 e. The van der Waals surface area contributed by atoms with Crippen LogP contribution in [0.3, 0.4) is 0 Å². The molecule has 2 aromatic carbocycles. The van der Waals surface area contributed by atoms with Crippen molar-refractivity contribution in [2.24, 2.45) is 5.92 Å². The Morgan fingerprint density at radius 1 is 1.07 bits per heavy atom. The van der Waals surface area contributed by atoms with E-state index in [1.165, 1.54) is 0 Å². The molecule has 3 aromatic rings. The molecule has 5 rings (SSSR count). The second kappa shape index (κ2) is 6.20. The summed E-state index contributed by atoms with van der Waals surface area (Å²) in [6.45, 7) is 1.82. The zero-order valence-corrected chi connectivity index (χ0v) is 16.1. The van der Waals surface area contributed by atoms with Gasteiger partial charge in [0.25, 0.3) is 0 Å². The molecule has 2 aliphatic rings. The van der Waals surface area contributed by atoms with Crippen LogP contribution in [0.5, 0.6) is 0 Å². The number of nitrogens with zero attached hydrogens (tertiary/aromatic N) is 4. The first-order valence-electron chi connectivity index (χ1n) is 8.97. The standard InChI is InChI=1S/C20H17BrN4O2/c21-13-4-3-5-14(12-13)23-9-8-15(18(23)26)19(27)25-11-10-24-17-7-2-1-6-16(17)22-20(24)25/h1-7,12,15H,8-11H2. The molecule has 2 aliphatic heterocycles. The van der Waals surface area contributed by atoms with Gasteiger partial charge in [-0.2, -0.15) is 0 Å². The average molecular weight is 425 g/mol. The molecule has 2 amide bonds. The van der Waals surface area contributed by atoms with Crippen LogP contribution < -0.4 is 9.80 Å². The normalized spacial score (nSPS) is 19.1. The number of carbonyl (C=O) groups is 2. The predicted molar refractivity (Wildman–Crippen MR) is 107 cm³/mol. The minimum atomic E-state index is -0.643. The highest BCUT2D eigenvalue weighted by molar-refractivity contribution is 9.10. The second-order valence-electron chi connectivity index (χ2n) is 6.85. The number of hydrogen-bond donors (Lipinski definition) is 0. The number of hydrogen-bond acceptors (Lipinski definition) is 3. The van der Waals surface area contributed by atoms with E-state index in [4.69, 9.17) is 0 Å². The van der Waals surface area contributed by atoms with E-state index in [9.17, 15) is 9.59 Å². The number of amides is 2. The maximum Gasteiger partial charge on any atom is 0.242 e. The maximum atomic E-state index is 13.2. The highest BCUT2D eigenvalue weighted by atomic mass is 79.9. The SMILES string of the molecule is O=C1C(C(=O)N2CCn3c2nc2ccccc23)CCN1c1cccc(Br)c1. The van der Waals surface area contributed by atoms with Gasteiger partial charge in [-0.15, -0.1) is 0 Å². The Morgan fingerprint density at radius 2 is 1.93 bits per heavy atom. The number of anilines is 2. The molecular weight excluding hydrogens is 408 g/mol. The summed E-state index contributed by atoms with van der Waals surface area (Å²) in [6, 6.07) is 15.5. The molecule has 3 heterocycles. The largest absolute Gasteiger partial charge is 0.312 e. The highest BCUT2D eigenvalue weighted by Crippen LogP contribution is 2.32. The zero-order chi connectivity index (χ0) is 18.5. The van der Waals surface area contributed by atoms with Crippen LogP contribution in [0.15, 0.2) is 53.0 Å². The Bertz CT molecular complexity index is 1080. The van der Waals surface area contributed by atoms with E-state index < -0.39 is 5.92 Å². The van der Waals surface area contributed by atoms with Gasteiger partial charge in [0.15, 0.2) is 0 Å². The fourth-order valence-corrected chi connectivity index (χ4v) is 4.38. The van der Waals surface area contributed by atoms with Gasteiger partial charge in [0.1, 0.15) is 5.92 Å². The van der Waals surface area contributed by atoms with Gasteiger partial charge < -0.3 is 9.47 Å². The molecule has 0 bridgehead atoms. The van der Waals surface area contributed by atoms with Crippen molar-refractivity contribution in [2.45, 2.75) is 13.0 Å². The predicted octanol–water partition coefficient (Wildman–Crippen LogP) is 3.20. The minimum Gasteiger partial charge on any atom is -0.312 e. The van der Waals surface area contributed by atoms with Crippen LogP contribution in [0, 0.1) is 5.92 Å². The van der Waals surface area contributed by atoms with Gasteiger partial charge in [-0.1, -0.05) is 34.1 Å². The van der Waals surface area contributed by atoms with Crippen LogP contribution in [-0.2, 0) is 16.1 Å². The minimum absolute atomic E-state index is 0.132. The van der Waals surface area contributed by atoms with Gasteiger partial charge >= 0.3 is 0 Å². The Morgan fingerprint density at radius 3 is 2.78 bits per heavy atom. The Balaban J connectivity index is 1.42. The third kappa shape index (κ3) is 2.56. The number of halogens is 1. The summed E-state index contributed by atoms with van der Waals surface area (Å²) in [5, 5.41) is 0. The molecule has 1 aromatic heterocycles. The van der Waals surface area contributed by atoms with E-state index in [1.54, 1.807) is 9.80 Å². The summed E-state index contributed by atoms with van der Waals surface area (Å²) in [6.07, 6.45) is 0.529. The van der Waals surface area contributed by atoms with Crippen LogP contribution in [0.4, 0.5) is 11.6 Å². The van der Waals surface area contributed by atoms with Gasteiger partial charge in [-0.3, -0.25) is 14.5 Å². The summed E-state index contributed by atoms with van der Waals surface area (Å²) in [4.78, 5) is 34.1. The lowest BCUT2D eigenvalue weighted by molar-refractivity contribution is -0.130. The first-order valence-corrected chi connectivity index (χ1v) is 9.76. The van der Waals surface area contributed by atoms with Gasteiger partial charge in [-0.05, 0) is 36.8 Å². The number of benzene rings is 2. The van der Waals surface area contributed by atoms with Crippen molar-refractivity contribution in [3.8, 4) is 0 Å². The number of rotatable bonds is 2. The average Bonchev–Trinajstić information content (AvgIpc) is 3.34. The van der Waals surface area contributed by atoms with Gasteiger partial charge in [-0.25, -0.2) is 4.98 Å². The van der Waals surface area contributed by atoms with Crippen molar-refractivity contribution in [2.75, 3.05) is 22.9 Å². The van der Waals surface area contributed by atoms with Crippen molar-refractivity contribution in [1.82, 2.24) is 9.55 Å². The molecule has 1 saturated heterocycles. The molecule has 0 aliphatic carbocycles. The molecule has 0 saturated carbocycles. The van der Waals surface area contributed by atoms with E-state index >= 15 is 0 Å². The van der Waals surface area contributed by atoms with Crippen LogP contribution >= 0.6 is 15.9 Å². The first-order chi connectivity index (χ1) is 13.1. The summed E-state index contributed by atoms with van der Waals surface area (Å²) in [5.74, 6) is -0.274. The monoisotopic (exact) mass is 424 g/mol. The fraction of sp³-hybridized carbons (Fsp3) is 0.250. The Kier molecular flexibility index (Phi) is 3.79. The van der Waals surface area contributed by atoms with Crippen molar-refractivity contribution in [1.29, 1.82) is 0 Å². The Hall–Kier alpha value is -2.67. The van der Waals surface area contributed by atoms with Gasteiger partial charge in [0.2, 0.25) is 17.8 Å². The second-order valence-corrected chi connectivity index (χ2v) is 7.77. The number of fused-ring (bicyclic) bond motifs is 3. The van der Waals surface area contributed by atoms with Crippen LogP contribution in [-0.4, -0.2) is 34.5 Å². The lowest BCUT2D eigenvalue weighted by Crippen LogP contribution is -2.39. The molecule has 1 unspecified atom stereocenters. The van der Waals surface area contributed by atoms with Crippen molar-refractivity contribution < 1.29 is 9.59 Å². The molecule has 6 nitrogen and oxygen atoms in total. The molecule has 27 heavy (non-hydrogen) atoms. The van der Waals surface area contributed by atoms with Crippen LogP contribution in [0.25, 0.3) is 11.0 Å². The van der Waals surface area contributed by atoms with Gasteiger partial charge in [0, 0.05) is 29.8 Å². The summed E-state index contributed by atoms with van der Waals surface area (Å²) >= 11 is 3.44. The third-order valence-corrected chi connectivity index (χ3v) is 5.81. The number of aromatic nitrogens is 2.